The first-order valence-corrected chi connectivity index (χ1v) is 9.95. The van der Waals surface area contributed by atoms with Crippen LogP contribution in [-0.2, 0) is 0 Å². The van der Waals surface area contributed by atoms with Gasteiger partial charge in [0.1, 0.15) is 5.58 Å². The number of rotatable bonds is 2. The molecule has 0 N–H and O–H groups in total. The second-order valence-electron chi connectivity index (χ2n) is 7.53. The van der Waals surface area contributed by atoms with Crippen LogP contribution in [-0.4, -0.2) is 15.0 Å². The largest absolute Gasteiger partial charge is 0.437 e. The molecule has 0 saturated heterocycles. The van der Waals surface area contributed by atoms with Gasteiger partial charge in [0.05, 0.1) is 5.69 Å². The molecular formula is C28H21N3O. The van der Waals surface area contributed by atoms with Crippen molar-refractivity contribution in [3.63, 3.8) is 0 Å². The predicted molar refractivity (Wildman–Crippen MR) is 130 cm³/mol. The number of benzene rings is 2. The van der Waals surface area contributed by atoms with Crippen molar-refractivity contribution in [3.8, 4) is 22.4 Å². The Morgan fingerprint density at radius 2 is 1.78 bits per heavy atom. The van der Waals surface area contributed by atoms with E-state index in [9.17, 15) is 0 Å². The molecule has 4 heterocycles. The van der Waals surface area contributed by atoms with Crippen molar-refractivity contribution in [2.24, 2.45) is 0 Å². The second kappa shape index (κ2) is 6.99. The van der Waals surface area contributed by atoms with Crippen LogP contribution in [0, 0.1) is 20.6 Å². The van der Waals surface area contributed by atoms with Gasteiger partial charge in [-0.2, -0.15) is 0 Å². The Bertz CT molecular complexity index is 1970. The summed E-state index contributed by atoms with van der Waals surface area (Å²) in [7, 11) is 0. The van der Waals surface area contributed by atoms with Crippen LogP contribution in [0.2, 0.25) is 0 Å². The van der Waals surface area contributed by atoms with Crippen molar-refractivity contribution in [1.82, 2.24) is 15.0 Å². The molecule has 0 spiro atoms. The van der Waals surface area contributed by atoms with Crippen LogP contribution in [0.15, 0.2) is 77.6 Å². The fraction of sp³-hybridized carbons (Fsp3) is 0.107. The lowest BCUT2D eigenvalue weighted by atomic mass is 9.92. The fourth-order valence-corrected chi connectivity index (χ4v) is 4.15. The van der Waals surface area contributed by atoms with Crippen LogP contribution in [0.25, 0.3) is 55.2 Å². The number of aromatic nitrogens is 3. The minimum atomic E-state index is -2.59. The summed E-state index contributed by atoms with van der Waals surface area (Å²) in [4.78, 5) is 12.8. The summed E-state index contributed by atoms with van der Waals surface area (Å²) in [5.74, 6) is 0. The molecule has 0 radical (unpaired) electrons. The number of para-hydroxylation sites is 1. The highest BCUT2D eigenvalue weighted by molar-refractivity contribution is 6.08. The zero-order chi connectivity index (χ0) is 29.3. The van der Waals surface area contributed by atoms with Gasteiger partial charge in [-0.25, -0.2) is 4.98 Å². The van der Waals surface area contributed by atoms with Gasteiger partial charge in [-0.1, -0.05) is 24.3 Å². The Hall–Kier alpha value is -4.05. The molecule has 0 saturated carbocycles. The molecule has 4 nitrogen and oxygen atoms in total. The second-order valence-corrected chi connectivity index (χ2v) is 7.53. The van der Waals surface area contributed by atoms with Crippen molar-refractivity contribution in [3.05, 3.63) is 90.0 Å². The predicted octanol–water partition coefficient (Wildman–Crippen LogP) is 7.18. The van der Waals surface area contributed by atoms with E-state index in [1.165, 1.54) is 24.5 Å². The highest BCUT2D eigenvalue weighted by Crippen LogP contribution is 2.38. The van der Waals surface area contributed by atoms with Gasteiger partial charge in [0.25, 0.3) is 0 Å². The van der Waals surface area contributed by atoms with Crippen molar-refractivity contribution in [2.75, 3.05) is 0 Å². The minimum absolute atomic E-state index is 0.00203. The summed E-state index contributed by atoms with van der Waals surface area (Å²) < 4.78 is 78.4. The van der Waals surface area contributed by atoms with E-state index in [2.05, 4.69) is 15.0 Å². The summed E-state index contributed by atoms with van der Waals surface area (Å²) in [6.07, 6.45) is 4.37. The molecule has 0 aliphatic heterocycles. The Balaban J connectivity index is 1.66. The van der Waals surface area contributed by atoms with E-state index in [1.54, 1.807) is 42.6 Å². The highest BCUT2D eigenvalue weighted by atomic mass is 16.3. The first kappa shape index (κ1) is 11.5. The SMILES string of the molecule is [2H]C([2H])([2H])c1ccc2c(n1)oc1c(-c3cc(-c4c(C([2H])([2H])[2H])ccc5cnccc45)c(C([2H])([2H])[2H])cn3)cccc12. The minimum Gasteiger partial charge on any atom is -0.437 e. The zero-order valence-electron chi connectivity index (χ0n) is 25.7. The van der Waals surface area contributed by atoms with Crippen molar-refractivity contribution < 1.29 is 16.8 Å². The van der Waals surface area contributed by atoms with Crippen molar-refractivity contribution in [2.45, 2.75) is 20.6 Å². The molecule has 4 aromatic heterocycles. The molecule has 0 fully saturated rings. The summed E-state index contributed by atoms with van der Waals surface area (Å²) in [6, 6.07) is 14.8. The number of hydrogen-bond donors (Lipinski definition) is 0. The molecule has 6 rings (SSSR count). The Labute approximate surface area is 198 Å². The van der Waals surface area contributed by atoms with Gasteiger partial charge in [0.15, 0.2) is 0 Å². The van der Waals surface area contributed by atoms with Crippen LogP contribution in [0.5, 0.6) is 0 Å². The molecule has 2 aromatic carbocycles. The Kier molecular flexibility index (Phi) is 2.52. The van der Waals surface area contributed by atoms with E-state index in [4.69, 9.17) is 16.8 Å². The van der Waals surface area contributed by atoms with Crippen LogP contribution < -0.4 is 0 Å². The van der Waals surface area contributed by atoms with Crippen molar-refractivity contribution in [1.29, 1.82) is 0 Å². The molecular weight excluding hydrogens is 394 g/mol. The first-order valence-electron chi connectivity index (χ1n) is 14.4. The van der Waals surface area contributed by atoms with E-state index < -0.39 is 20.6 Å². The molecule has 0 aliphatic rings. The number of aryl methyl sites for hydroxylation is 3. The highest BCUT2D eigenvalue weighted by Gasteiger charge is 2.16. The number of hydrogen-bond acceptors (Lipinski definition) is 4. The smallest absolute Gasteiger partial charge is 0.227 e. The number of nitrogens with zero attached hydrogens (tertiary/aromatic N) is 3. The normalized spacial score (nSPS) is 16.9. The third-order valence-electron chi connectivity index (χ3n) is 5.63. The average Bonchev–Trinajstić information content (AvgIpc) is 3.29. The number of furan rings is 1. The Morgan fingerprint density at radius 1 is 0.812 bits per heavy atom. The molecule has 4 heteroatoms. The van der Waals surface area contributed by atoms with Crippen LogP contribution in [0.1, 0.15) is 29.2 Å². The number of pyridine rings is 3. The van der Waals surface area contributed by atoms with E-state index in [0.717, 1.165) is 0 Å². The van der Waals surface area contributed by atoms with Crippen LogP contribution in [0.3, 0.4) is 0 Å². The third-order valence-corrected chi connectivity index (χ3v) is 5.63. The quantitative estimate of drug-likeness (QED) is 0.295. The average molecular weight is 425 g/mol. The molecule has 32 heavy (non-hydrogen) atoms. The van der Waals surface area contributed by atoms with E-state index in [0.29, 0.717) is 38.4 Å². The van der Waals surface area contributed by atoms with E-state index in [1.807, 2.05) is 6.07 Å². The third kappa shape index (κ3) is 2.80. The van der Waals surface area contributed by atoms with Crippen molar-refractivity contribution >= 4 is 32.8 Å². The summed E-state index contributed by atoms with van der Waals surface area (Å²) in [5, 5.41) is 2.48. The zero-order valence-corrected chi connectivity index (χ0v) is 16.7. The van der Waals surface area contributed by atoms with E-state index >= 15 is 0 Å². The topological polar surface area (TPSA) is 51.8 Å². The Morgan fingerprint density at radius 3 is 2.69 bits per heavy atom. The lowest BCUT2D eigenvalue weighted by Gasteiger charge is -2.14. The lowest BCUT2D eigenvalue weighted by Crippen LogP contribution is -1.93. The maximum atomic E-state index is 8.21. The molecule has 6 aromatic rings. The van der Waals surface area contributed by atoms with Gasteiger partial charge >= 0.3 is 0 Å². The van der Waals surface area contributed by atoms with Gasteiger partial charge in [-0.05, 0) is 78.5 Å². The molecule has 154 valence electrons. The molecule has 0 atom stereocenters. The molecule has 0 amide bonds. The molecule has 0 aliphatic carbocycles. The first-order chi connectivity index (χ1) is 19.2. The lowest BCUT2D eigenvalue weighted by molar-refractivity contribution is 0.653. The van der Waals surface area contributed by atoms with Gasteiger partial charge in [-0.3, -0.25) is 9.97 Å². The summed E-state index contributed by atoms with van der Waals surface area (Å²) in [6.45, 7) is -7.54. The summed E-state index contributed by atoms with van der Waals surface area (Å²) >= 11 is 0. The van der Waals surface area contributed by atoms with Gasteiger partial charge in [0, 0.05) is 58.3 Å². The fourth-order valence-electron chi connectivity index (χ4n) is 4.15. The molecule has 0 bridgehead atoms. The van der Waals surface area contributed by atoms with E-state index in [-0.39, 0.29) is 33.7 Å². The van der Waals surface area contributed by atoms with Crippen LogP contribution >= 0.6 is 0 Å². The molecule has 0 unspecified atom stereocenters. The van der Waals surface area contributed by atoms with Gasteiger partial charge in [0.2, 0.25) is 5.71 Å². The standard InChI is InChI=1S/C28H21N3O/c1-16-7-9-19-15-29-12-11-20(19)26(16)24-13-25(30-14-17(24)2)23-6-4-5-21-22-10-8-18(3)31-28(22)32-27(21)23/h4-15H,1-3H3/i1D3,2D3,3D3. The van der Waals surface area contributed by atoms with Gasteiger partial charge in [-0.15, -0.1) is 0 Å². The monoisotopic (exact) mass is 424 g/mol. The van der Waals surface area contributed by atoms with Crippen LogP contribution in [0.4, 0.5) is 0 Å². The summed E-state index contributed by atoms with van der Waals surface area (Å²) in [5.41, 5.74) is 1.65. The number of fused-ring (bicyclic) bond motifs is 4. The maximum Gasteiger partial charge on any atom is 0.227 e. The van der Waals surface area contributed by atoms with Gasteiger partial charge < -0.3 is 4.42 Å². The maximum absolute atomic E-state index is 8.21.